The highest BCUT2D eigenvalue weighted by atomic mass is 32.1. The standard InChI is InChI=1S/C32H31FN4O5S/c1-4-11-35-31(39)25-8-6-20(28(36-25)32(40)41-3)21-15-26-23(29-18(9-12-42-26)10-13-43-29)14-22(21)30(38)37-24-7-5-19(16-34)27(33)17(24)2/h5-8,10,13-15H,4,9,11-12,16,34H2,1-3H3,(H,35,39)(H,37,38). The van der Waals surface area contributed by atoms with Gasteiger partial charge in [-0.2, -0.15) is 0 Å². The molecule has 0 aliphatic carbocycles. The van der Waals surface area contributed by atoms with Crippen LogP contribution in [0, 0.1) is 12.7 Å². The second-order valence-corrected chi connectivity index (χ2v) is 10.9. The molecule has 0 spiro atoms. The van der Waals surface area contributed by atoms with E-state index in [1.165, 1.54) is 30.6 Å². The highest BCUT2D eigenvalue weighted by Crippen LogP contribution is 2.43. The van der Waals surface area contributed by atoms with Gasteiger partial charge in [0.05, 0.1) is 13.7 Å². The third kappa shape index (κ3) is 5.86. The van der Waals surface area contributed by atoms with Gasteiger partial charge in [-0.25, -0.2) is 14.2 Å². The molecule has 2 aromatic carbocycles. The van der Waals surface area contributed by atoms with Crippen molar-refractivity contribution in [1.82, 2.24) is 10.3 Å². The molecule has 43 heavy (non-hydrogen) atoms. The van der Waals surface area contributed by atoms with Crippen molar-refractivity contribution in [3.8, 4) is 27.3 Å². The molecule has 0 saturated carbocycles. The number of pyridine rings is 1. The summed E-state index contributed by atoms with van der Waals surface area (Å²) >= 11 is 1.54. The first-order chi connectivity index (χ1) is 20.8. The van der Waals surface area contributed by atoms with Crippen molar-refractivity contribution in [2.24, 2.45) is 5.73 Å². The van der Waals surface area contributed by atoms with E-state index in [1.807, 2.05) is 18.4 Å². The van der Waals surface area contributed by atoms with Gasteiger partial charge in [0.15, 0.2) is 5.69 Å². The maximum Gasteiger partial charge on any atom is 0.357 e. The number of methoxy groups -OCH3 is 1. The van der Waals surface area contributed by atoms with E-state index < -0.39 is 23.6 Å². The zero-order valence-corrected chi connectivity index (χ0v) is 24.8. The molecule has 2 amide bonds. The topological polar surface area (TPSA) is 133 Å². The number of benzene rings is 2. The summed E-state index contributed by atoms with van der Waals surface area (Å²) in [5.41, 5.74) is 9.02. The molecule has 0 radical (unpaired) electrons. The zero-order valence-electron chi connectivity index (χ0n) is 24.0. The van der Waals surface area contributed by atoms with Crippen LogP contribution in [0.3, 0.4) is 0 Å². The Kier molecular flexibility index (Phi) is 8.84. The summed E-state index contributed by atoms with van der Waals surface area (Å²) in [6.07, 6.45) is 1.42. The number of amides is 2. The molecule has 0 fully saturated rings. The van der Waals surface area contributed by atoms with Gasteiger partial charge in [0.1, 0.15) is 17.3 Å². The molecule has 3 heterocycles. The minimum Gasteiger partial charge on any atom is -0.493 e. The van der Waals surface area contributed by atoms with E-state index in [9.17, 15) is 18.8 Å². The molecular formula is C32H31FN4O5S. The summed E-state index contributed by atoms with van der Waals surface area (Å²) in [7, 11) is 1.21. The van der Waals surface area contributed by atoms with E-state index in [4.69, 9.17) is 15.2 Å². The third-order valence-corrected chi connectivity index (χ3v) is 8.24. The second-order valence-electron chi connectivity index (χ2n) is 9.98. The summed E-state index contributed by atoms with van der Waals surface area (Å²) in [6, 6.07) is 11.6. The Bertz CT molecular complexity index is 1740. The molecular weight excluding hydrogens is 571 g/mol. The van der Waals surface area contributed by atoms with E-state index in [2.05, 4.69) is 15.6 Å². The number of hydrogen-bond acceptors (Lipinski definition) is 8. The van der Waals surface area contributed by atoms with Crippen LogP contribution >= 0.6 is 11.3 Å². The number of carbonyl (C=O) groups excluding carboxylic acids is 3. The number of hydrogen-bond donors (Lipinski definition) is 3. The lowest BCUT2D eigenvalue weighted by molar-refractivity contribution is 0.0594. The van der Waals surface area contributed by atoms with Crippen LogP contribution in [0.15, 0.2) is 47.8 Å². The molecule has 2 aromatic heterocycles. The van der Waals surface area contributed by atoms with Gasteiger partial charge in [0, 0.05) is 63.5 Å². The van der Waals surface area contributed by atoms with Gasteiger partial charge in [-0.1, -0.05) is 13.0 Å². The Balaban J connectivity index is 1.69. The van der Waals surface area contributed by atoms with Gasteiger partial charge in [-0.3, -0.25) is 9.59 Å². The number of aromatic nitrogens is 1. The number of anilines is 1. The highest BCUT2D eigenvalue weighted by molar-refractivity contribution is 7.13. The maximum absolute atomic E-state index is 14.9. The minimum absolute atomic E-state index is 0.0226. The lowest BCUT2D eigenvalue weighted by Gasteiger charge is -2.18. The van der Waals surface area contributed by atoms with E-state index in [0.717, 1.165) is 22.4 Å². The van der Waals surface area contributed by atoms with Crippen LogP contribution in [0.1, 0.15) is 61.4 Å². The monoisotopic (exact) mass is 602 g/mol. The van der Waals surface area contributed by atoms with Crippen molar-refractivity contribution in [3.63, 3.8) is 0 Å². The number of rotatable bonds is 8. The average Bonchev–Trinajstić information content (AvgIpc) is 3.42. The van der Waals surface area contributed by atoms with Gasteiger partial charge in [0.25, 0.3) is 11.8 Å². The fraction of sp³-hybridized carbons (Fsp3) is 0.250. The van der Waals surface area contributed by atoms with Crippen molar-refractivity contribution in [3.05, 3.63) is 87.3 Å². The second kappa shape index (κ2) is 12.7. The molecule has 4 aromatic rings. The molecule has 0 saturated heterocycles. The van der Waals surface area contributed by atoms with E-state index in [1.54, 1.807) is 31.2 Å². The largest absolute Gasteiger partial charge is 0.493 e. The predicted octanol–water partition coefficient (Wildman–Crippen LogP) is 5.50. The predicted molar refractivity (Wildman–Crippen MR) is 163 cm³/mol. The van der Waals surface area contributed by atoms with Crippen molar-refractivity contribution < 1.29 is 28.2 Å². The van der Waals surface area contributed by atoms with Crippen molar-refractivity contribution >= 4 is 34.8 Å². The van der Waals surface area contributed by atoms with Gasteiger partial charge < -0.3 is 25.8 Å². The number of nitrogens with zero attached hydrogens (tertiary/aromatic N) is 1. The normalized spacial score (nSPS) is 11.9. The van der Waals surface area contributed by atoms with E-state index in [0.29, 0.717) is 36.4 Å². The van der Waals surface area contributed by atoms with Crippen LogP contribution in [0.5, 0.6) is 5.75 Å². The number of fused-ring (bicyclic) bond motifs is 3. The molecule has 222 valence electrons. The number of esters is 1. The first-order valence-corrected chi connectivity index (χ1v) is 14.7. The summed E-state index contributed by atoms with van der Waals surface area (Å²) < 4.78 is 26.0. The molecule has 5 rings (SSSR count). The Hall–Kier alpha value is -4.61. The molecule has 1 aliphatic rings. The highest BCUT2D eigenvalue weighted by Gasteiger charge is 2.27. The number of ether oxygens (including phenoxy) is 2. The van der Waals surface area contributed by atoms with Crippen molar-refractivity contribution in [1.29, 1.82) is 0 Å². The first kappa shape index (κ1) is 29.9. The van der Waals surface area contributed by atoms with Gasteiger partial charge in [0.2, 0.25) is 0 Å². The number of carbonyl (C=O) groups is 3. The Morgan fingerprint density at radius 1 is 1.09 bits per heavy atom. The van der Waals surface area contributed by atoms with Gasteiger partial charge >= 0.3 is 5.97 Å². The van der Waals surface area contributed by atoms with Crippen LogP contribution in [0.4, 0.5) is 10.1 Å². The van der Waals surface area contributed by atoms with E-state index in [-0.39, 0.29) is 40.3 Å². The van der Waals surface area contributed by atoms with Crippen LogP contribution in [0.25, 0.3) is 21.6 Å². The molecule has 11 heteroatoms. The smallest absolute Gasteiger partial charge is 0.357 e. The van der Waals surface area contributed by atoms with Crippen molar-refractivity contribution in [2.75, 3.05) is 25.6 Å². The molecule has 0 atom stereocenters. The van der Waals surface area contributed by atoms with Crippen molar-refractivity contribution in [2.45, 2.75) is 33.2 Å². The molecule has 1 aliphatic heterocycles. The number of nitrogens with one attached hydrogen (secondary N) is 2. The summed E-state index contributed by atoms with van der Waals surface area (Å²) in [6.45, 7) is 4.38. The fourth-order valence-corrected chi connectivity index (χ4v) is 5.91. The summed E-state index contributed by atoms with van der Waals surface area (Å²) in [5.74, 6) is -1.72. The summed E-state index contributed by atoms with van der Waals surface area (Å²) in [5, 5.41) is 7.56. The Labute approximate surface area is 252 Å². The van der Waals surface area contributed by atoms with E-state index >= 15 is 0 Å². The number of thiophene rings is 1. The van der Waals surface area contributed by atoms with Crippen LogP contribution in [0.2, 0.25) is 0 Å². The Morgan fingerprint density at radius 2 is 1.91 bits per heavy atom. The minimum atomic E-state index is -0.779. The summed E-state index contributed by atoms with van der Waals surface area (Å²) in [4.78, 5) is 45.0. The molecule has 9 nitrogen and oxygen atoms in total. The molecule has 0 unspecified atom stereocenters. The quantitative estimate of drug-likeness (QED) is 0.227. The van der Waals surface area contributed by atoms with Gasteiger partial charge in [-0.05, 0) is 60.7 Å². The average molecular weight is 603 g/mol. The van der Waals surface area contributed by atoms with Gasteiger partial charge in [-0.15, -0.1) is 11.3 Å². The fourth-order valence-electron chi connectivity index (χ4n) is 4.94. The lowest BCUT2D eigenvalue weighted by atomic mass is 9.93. The number of nitrogens with two attached hydrogens (primary N) is 1. The lowest BCUT2D eigenvalue weighted by Crippen LogP contribution is -2.26. The molecule has 0 bridgehead atoms. The first-order valence-electron chi connectivity index (χ1n) is 13.8. The van der Waals surface area contributed by atoms with Crippen LogP contribution < -0.4 is 21.1 Å². The maximum atomic E-state index is 14.9. The Morgan fingerprint density at radius 3 is 2.65 bits per heavy atom. The zero-order chi connectivity index (χ0) is 30.7. The number of halogens is 1. The SMILES string of the molecule is CCCNC(=O)c1ccc(-c2cc3c(cc2C(=O)Nc2ccc(CN)c(F)c2C)-c2sccc2CCO3)c(C(=O)OC)n1. The van der Waals surface area contributed by atoms with Crippen LogP contribution in [-0.2, 0) is 17.7 Å². The third-order valence-electron chi connectivity index (χ3n) is 7.25. The molecule has 4 N–H and O–H groups in total. The van der Waals surface area contributed by atoms with Crippen LogP contribution in [-0.4, -0.2) is 43.0 Å².